The Morgan fingerprint density at radius 3 is 2.63 bits per heavy atom. The lowest BCUT2D eigenvalue weighted by Crippen LogP contribution is -2.36. The summed E-state index contributed by atoms with van der Waals surface area (Å²) in [7, 11) is 0. The van der Waals surface area contributed by atoms with E-state index in [0.29, 0.717) is 29.5 Å². The highest BCUT2D eigenvalue weighted by molar-refractivity contribution is 7.15. The number of nitrogens with zero attached hydrogens (tertiary/aromatic N) is 3. The number of fused-ring (bicyclic) bond motifs is 1. The van der Waals surface area contributed by atoms with Crippen molar-refractivity contribution in [2.45, 2.75) is 13.3 Å². The molecule has 152 valence electrons. The van der Waals surface area contributed by atoms with Crippen LogP contribution in [0.15, 0.2) is 53.9 Å². The molecule has 2 heterocycles. The molecule has 0 aliphatic heterocycles. The predicted octanol–water partition coefficient (Wildman–Crippen LogP) is 3.72. The SMILES string of the molecule is Cc1ccccc1-c1nc2scc(CCNC(=O)C(=O)Nc3ccc(Cl)cc3)n2n1. The molecule has 2 aromatic heterocycles. The number of aromatic nitrogens is 3. The van der Waals surface area contributed by atoms with E-state index in [4.69, 9.17) is 11.6 Å². The third-order valence-electron chi connectivity index (χ3n) is 4.51. The van der Waals surface area contributed by atoms with E-state index in [0.717, 1.165) is 21.8 Å². The lowest BCUT2D eigenvalue weighted by molar-refractivity contribution is -0.136. The van der Waals surface area contributed by atoms with Crippen LogP contribution in [0.1, 0.15) is 11.3 Å². The van der Waals surface area contributed by atoms with Crippen molar-refractivity contribution in [3.63, 3.8) is 0 Å². The quantitative estimate of drug-likeness (QED) is 0.464. The Morgan fingerprint density at radius 1 is 1.10 bits per heavy atom. The van der Waals surface area contributed by atoms with Gasteiger partial charge in [-0.3, -0.25) is 9.59 Å². The van der Waals surface area contributed by atoms with Crippen molar-refractivity contribution in [2.75, 3.05) is 11.9 Å². The number of aryl methyl sites for hydroxylation is 1. The number of carbonyl (C=O) groups is 2. The largest absolute Gasteiger partial charge is 0.347 e. The van der Waals surface area contributed by atoms with Crippen LogP contribution in [0.2, 0.25) is 5.02 Å². The topological polar surface area (TPSA) is 88.4 Å². The van der Waals surface area contributed by atoms with Gasteiger partial charge in [-0.1, -0.05) is 35.9 Å². The third-order valence-corrected chi connectivity index (χ3v) is 5.63. The smallest absolute Gasteiger partial charge is 0.313 e. The lowest BCUT2D eigenvalue weighted by atomic mass is 10.1. The van der Waals surface area contributed by atoms with E-state index < -0.39 is 11.8 Å². The molecule has 2 aromatic carbocycles. The van der Waals surface area contributed by atoms with Gasteiger partial charge in [0, 0.05) is 34.6 Å². The van der Waals surface area contributed by atoms with Crippen LogP contribution in [0, 0.1) is 6.92 Å². The van der Waals surface area contributed by atoms with Crippen molar-refractivity contribution < 1.29 is 9.59 Å². The van der Waals surface area contributed by atoms with E-state index in [2.05, 4.69) is 20.7 Å². The highest BCUT2D eigenvalue weighted by Gasteiger charge is 2.15. The first-order valence-electron chi connectivity index (χ1n) is 9.25. The normalized spacial score (nSPS) is 10.9. The highest BCUT2D eigenvalue weighted by atomic mass is 35.5. The molecule has 0 saturated carbocycles. The molecular formula is C21H18ClN5O2S. The molecule has 0 fully saturated rings. The van der Waals surface area contributed by atoms with E-state index in [9.17, 15) is 9.59 Å². The van der Waals surface area contributed by atoms with Gasteiger partial charge in [-0.25, -0.2) is 4.52 Å². The number of amides is 2. The van der Waals surface area contributed by atoms with E-state index in [1.54, 1.807) is 28.8 Å². The zero-order valence-corrected chi connectivity index (χ0v) is 17.6. The van der Waals surface area contributed by atoms with E-state index in [-0.39, 0.29) is 0 Å². The second kappa shape index (κ2) is 8.64. The Balaban J connectivity index is 1.37. The van der Waals surface area contributed by atoms with Crippen LogP contribution in [0.3, 0.4) is 0 Å². The van der Waals surface area contributed by atoms with Gasteiger partial charge in [0.25, 0.3) is 0 Å². The predicted molar refractivity (Wildman–Crippen MR) is 118 cm³/mol. The van der Waals surface area contributed by atoms with Crippen LogP contribution in [-0.4, -0.2) is 33.0 Å². The maximum atomic E-state index is 12.1. The first-order chi connectivity index (χ1) is 14.5. The Bertz CT molecular complexity index is 1220. The molecule has 7 nitrogen and oxygen atoms in total. The minimum atomic E-state index is -0.726. The average molecular weight is 440 g/mol. The number of hydrogen-bond donors (Lipinski definition) is 2. The number of hydrogen-bond acceptors (Lipinski definition) is 5. The number of thiazole rings is 1. The zero-order chi connectivity index (χ0) is 21.1. The number of anilines is 1. The fourth-order valence-electron chi connectivity index (χ4n) is 2.94. The Labute approximate surface area is 181 Å². The first kappa shape index (κ1) is 20.1. The van der Waals surface area contributed by atoms with Crippen LogP contribution in [-0.2, 0) is 16.0 Å². The molecule has 0 aliphatic carbocycles. The standard InChI is InChI=1S/C21H18ClN5O2S/c1-13-4-2-3-5-17(13)18-25-21-27(26-18)16(12-30-21)10-11-23-19(28)20(29)24-15-8-6-14(22)7-9-15/h2-9,12H,10-11H2,1H3,(H,23,28)(H,24,29). The average Bonchev–Trinajstić information content (AvgIpc) is 3.31. The van der Waals surface area contributed by atoms with Crippen molar-refractivity contribution in [3.8, 4) is 11.4 Å². The fraction of sp³-hybridized carbons (Fsp3) is 0.143. The Morgan fingerprint density at radius 2 is 1.87 bits per heavy atom. The van der Waals surface area contributed by atoms with Crippen molar-refractivity contribution in [1.29, 1.82) is 0 Å². The van der Waals surface area contributed by atoms with Gasteiger partial charge < -0.3 is 10.6 Å². The van der Waals surface area contributed by atoms with E-state index >= 15 is 0 Å². The van der Waals surface area contributed by atoms with Gasteiger partial charge in [-0.15, -0.1) is 16.4 Å². The molecule has 0 spiro atoms. The van der Waals surface area contributed by atoms with Crippen molar-refractivity contribution in [3.05, 3.63) is 70.2 Å². The third kappa shape index (κ3) is 4.34. The maximum Gasteiger partial charge on any atom is 0.313 e. The van der Waals surface area contributed by atoms with Crippen molar-refractivity contribution in [2.24, 2.45) is 0 Å². The number of rotatable bonds is 5. The van der Waals surface area contributed by atoms with E-state index in [1.165, 1.54) is 11.3 Å². The van der Waals surface area contributed by atoms with Gasteiger partial charge in [-0.05, 0) is 36.8 Å². The molecule has 0 aliphatic rings. The van der Waals surface area contributed by atoms with Crippen LogP contribution >= 0.6 is 22.9 Å². The minimum Gasteiger partial charge on any atom is -0.347 e. The second-order valence-corrected chi connectivity index (χ2v) is 7.91. The summed E-state index contributed by atoms with van der Waals surface area (Å²) < 4.78 is 1.78. The fourth-order valence-corrected chi connectivity index (χ4v) is 3.92. The van der Waals surface area contributed by atoms with Crippen LogP contribution in [0.5, 0.6) is 0 Å². The first-order valence-corrected chi connectivity index (χ1v) is 10.5. The second-order valence-electron chi connectivity index (χ2n) is 6.64. The molecule has 4 aromatic rings. The zero-order valence-electron chi connectivity index (χ0n) is 16.1. The van der Waals surface area contributed by atoms with Gasteiger partial charge >= 0.3 is 11.8 Å². The molecule has 4 rings (SSSR count). The Hall–Kier alpha value is -3.23. The summed E-state index contributed by atoms with van der Waals surface area (Å²) in [5.74, 6) is -0.751. The summed E-state index contributed by atoms with van der Waals surface area (Å²) in [6.45, 7) is 2.33. The van der Waals surface area contributed by atoms with Crippen molar-refractivity contribution in [1.82, 2.24) is 19.9 Å². The minimum absolute atomic E-state index is 0.304. The van der Waals surface area contributed by atoms with Gasteiger partial charge in [0.2, 0.25) is 4.96 Å². The van der Waals surface area contributed by atoms with Crippen LogP contribution in [0.25, 0.3) is 16.3 Å². The number of nitrogens with one attached hydrogen (secondary N) is 2. The molecule has 0 bridgehead atoms. The van der Waals surface area contributed by atoms with Gasteiger partial charge in [0.1, 0.15) is 0 Å². The molecule has 0 radical (unpaired) electrons. The molecule has 0 atom stereocenters. The molecule has 2 amide bonds. The monoisotopic (exact) mass is 439 g/mol. The summed E-state index contributed by atoms with van der Waals surface area (Å²) >= 11 is 7.30. The molecule has 0 saturated heterocycles. The summed E-state index contributed by atoms with van der Waals surface area (Å²) in [5, 5.41) is 12.3. The number of halogens is 1. The molecule has 2 N–H and O–H groups in total. The highest BCUT2D eigenvalue weighted by Crippen LogP contribution is 2.23. The molecule has 0 unspecified atom stereocenters. The van der Waals surface area contributed by atoms with E-state index in [1.807, 2.05) is 36.6 Å². The maximum absolute atomic E-state index is 12.1. The van der Waals surface area contributed by atoms with Crippen LogP contribution in [0.4, 0.5) is 5.69 Å². The van der Waals surface area contributed by atoms with Crippen molar-refractivity contribution >= 4 is 45.4 Å². The summed E-state index contributed by atoms with van der Waals surface area (Å²) in [6.07, 6.45) is 0.524. The molecular weight excluding hydrogens is 422 g/mol. The lowest BCUT2D eigenvalue weighted by Gasteiger charge is -2.06. The van der Waals surface area contributed by atoms with Crippen LogP contribution < -0.4 is 10.6 Å². The Kier molecular flexibility index (Phi) is 5.78. The summed E-state index contributed by atoms with van der Waals surface area (Å²) in [6, 6.07) is 14.5. The van der Waals surface area contributed by atoms with Gasteiger partial charge in [0.05, 0.1) is 5.69 Å². The molecule has 9 heteroatoms. The molecule has 30 heavy (non-hydrogen) atoms. The van der Waals surface area contributed by atoms with Gasteiger partial charge in [0.15, 0.2) is 5.82 Å². The summed E-state index contributed by atoms with van der Waals surface area (Å²) in [5.41, 5.74) is 3.52. The number of carbonyl (C=O) groups excluding carboxylic acids is 2. The van der Waals surface area contributed by atoms with Gasteiger partial charge in [-0.2, -0.15) is 4.98 Å². The summed E-state index contributed by atoms with van der Waals surface area (Å²) in [4.78, 5) is 29.4. The number of benzene rings is 2.